The zero-order valence-electron chi connectivity index (χ0n) is 14.1. The van der Waals surface area contributed by atoms with E-state index in [2.05, 4.69) is 0 Å². The van der Waals surface area contributed by atoms with Crippen molar-refractivity contribution in [3.8, 4) is 17.2 Å². The molecular formula is C20H20O4. The van der Waals surface area contributed by atoms with Crippen molar-refractivity contribution in [3.63, 3.8) is 0 Å². The Kier molecular flexibility index (Phi) is 4.56. The van der Waals surface area contributed by atoms with Crippen molar-refractivity contribution in [1.82, 2.24) is 0 Å². The number of benzene rings is 2. The quantitative estimate of drug-likeness (QED) is 0.800. The number of fused-ring (bicyclic) bond motifs is 1. The van der Waals surface area contributed by atoms with Crippen molar-refractivity contribution < 1.29 is 19.0 Å². The van der Waals surface area contributed by atoms with E-state index in [4.69, 9.17) is 14.2 Å². The Morgan fingerprint density at radius 1 is 0.875 bits per heavy atom. The predicted molar refractivity (Wildman–Crippen MR) is 93.2 cm³/mol. The summed E-state index contributed by atoms with van der Waals surface area (Å²) >= 11 is 0. The third-order valence-corrected chi connectivity index (χ3v) is 4.26. The largest absolute Gasteiger partial charge is 0.497 e. The lowest BCUT2D eigenvalue weighted by Gasteiger charge is -2.18. The van der Waals surface area contributed by atoms with E-state index < -0.39 is 0 Å². The normalized spacial score (nSPS) is 15.1. The number of ketones is 1. The first-order valence-corrected chi connectivity index (χ1v) is 7.80. The van der Waals surface area contributed by atoms with Gasteiger partial charge in [0.2, 0.25) is 0 Å². The third-order valence-electron chi connectivity index (χ3n) is 4.26. The standard InChI is InChI=1S/C20H20O4/c1-22-16-7-8-17-14(12-16)5-6-15(20(17)21)10-13-4-9-18(23-2)19(11-13)24-3/h4,7-12H,5-6H2,1-3H3. The molecule has 0 heterocycles. The molecule has 124 valence electrons. The zero-order chi connectivity index (χ0) is 17.1. The van der Waals surface area contributed by atoms with Crippen LogP contribution in [0.25, 0.3) is 6.08 Å². The van der Waals surface area contributed by atoms with Crippen molar-refractivity contribution in [2.24, 2.45) is 0 Å². The van der Waals surface area contributed by atoms with Gasteiger partial charge in [-0.3, -0.25) is 4.79 Å². The molecule has 1 aliphatic carbocycles. The molecule has 0 bridgehead atoms. The maximum Gasteiger partial charge on any atom is 0.189 e. The van der Waals surface area contributed by atoms with Crippen LogP contribution in [0.2, 0.25) is 0 Å². The molecule has 0 aromatic heterocycles. The number of carbonyl (C=O) groups excluding carboxylic acids is 1. The van der Waals surface area contributed by atoms with Crippen molar-refractivity contribution >= 4 is 11.9 Å². The molecule has 0 amide bonds. The number of hydrogen-bond acceptors (Lipinski definition) is 4. The predicted octanol–water partition coefficient (Wildman–Crippen LogP) is 3.92. The van der Waals surface area contributed by atoms with Crippen molar-refractivity contribution in [2.45, 2.75) is 12.8 Å². The van der Waals surface area contributed by atoms with Gasteiger partial charge in [0, 0.05) is 11.1 Å². The molecule has 0 saturated carbocycles. The number of aryl methyl sites for hydroxylation is 1. The van der Waals surface area contributed by atoms with Crippen LogP contribution in [0.3, 0.4) is 0 Å². The van der Waals surface area contributed by atoms with E-state index in [0.29, 0.717) is 17.9 Å². The number of Topliss-reactive ketones (excluding diaryl/α,β-unsaturated/α-hetero) is 1. The van der Waals surface area contributed by atoms with Crippen molar-refractivity contribution in [2.75, 3.05) is 21.3 Å². The minimum atomic E-state index is 0.0775. The van der Waals surface area contributed by atoms with Crippen LogP contribution in [-0.4, -0.2) is 27.1 Å². The minimum Gasteiger partial charge on any atom is -0.497 e. The molecule has 4 nitrogen and oxygen atoms in total. The molecule has 0 N–H and O–H groups in total. The second-order valence-corrected chi connectivity index (χ2v) is 5.64. The topological polar surface area (TPSA) is 44.8 Å². The summed E-state index contributed by atoms with van der Waals surface area (Å²) in [5.41, 5.74) is 3.53. The van der Waals surface area contributed by atoms with Crippen LogP contribution in [0.15, 0.2) is 42.0 Å². The summed E-state index contributed by atoms with van der Waals surface area (Å²) in [7, 11) is 4.84. The SMILES string of the molecule is COc1ccc2c(c1)CCC(=Cc1ccc(OC)c(OC)c1)C2=O. The monoisotopic (exact) mass is 324 g/mol. The van der Waals surface area contributed by atoms with Gasteiger partial charge in [0.1, 0.15) is 5.75 Å². The highest BCUT2D eigenvalue weighted by molar-refractivity contribution is 6.13. The van der Waals surface area contributed by atoms with Crippen molar-refractivity contribution in [1.29, 1.82) is 0 Å². The van der Waals surface area contributed by atoms with Gasteiger partial charge in [-0.05, 0) is 60.4 Å². The van der Waals surface area contributed by atoms with Gasteiger partial charge in [0.05, 0.1) is 21.3 Å². The molecule has 0 saturated heterocycles. The average Bonchev–Trinajstić information content (AvgIpc) is 2.63. The molecule has 4 heteroatoms. The Balaban J connectivity index is 1.93. The van der Waals surface area contributed by atoms with E-state index in [1.54, 1.807) is 21.3 Å². The van der Waals surface area contributed by atoms with Crippen LogP contribution < -0.4 is 14.2 Å². The fourth-order valence-electron chi connectivity index (χ4n) is 2.96. The molecule has 0 atom stereocenters. The molecule has 3 rings (SSSR count). The summed E-state index contributed by atoms with van der Waals surface area (Å²) in [6, 6.07) is 11.3. The highest BCUT2D eigenvalue weighted by atomic mass is 16.5. The van der Waals surface area contributed by atoms with E-state index in [-0.39, 0.29) is 5.78 Å². The number of ether oxygens (including phenoxy) is 3. The van der Waals surface area contributed by atoms with Crippen LogP contribution >= 0.6 is 0 Å². The van der Waals surface area contributed by atoms with Crippen LogP contribution in [-0.2, 0) is 6.42 Å². The Hall–Kier alpha value is -2.75. The summed E-state index contributed by atoms with van der Waals surface area (Å²) in [4.78, 5) is 12.7. The van der Waals surface area contributed by atoms with Gasteiger partial charge >= 0.3 is 0 Å². The van der Waals surface area contributed by atoms with Crippen LogP contribution in [0.1, 0.15) is 27.9 Å². The summed E-state index contributed by atoms with van der Waals surface area (Å²) in [6.45, 7) is 0. The van der Waals surface area contributed by atoms with E-state index in [0.717, 1.165) is 34.4 Å². The van der Waals surface area contributed by atoms with Crippen LogP contribution in [0.4, 0.5) is 0 Å². The maximum absolute atomic E-state index is 12.7. The minimum absolute atomic E-state index is 0.0775. The van der Waals surface area contributed by atoms with Gasteiger partial charge in [-0.1, -0.05) is 6.07 Å². The Labute approximate surface area is 141 Å². The molecule has 0 fully saturated rings. The molecular weight excluding hydrogens is 304 g/mol. The summed E-state index contributed by atoms with van der Waals surface area (Å²) in [5, 5.41) is 0. The van der Waals surface area contributed by atoms with Gasteiger partial charge < -0.3 is 14.2 Å². The smallest absolute Gasteiger partial charge is 0.189 e. The van der Waals surface area contributed by atoms with E-state index in [1.807, 2.05) is 42.5 Å². The third kappa shape index (κ3) is 3.00. The number of carbonyl (C=O) groups is 1. The lowest BCUT2D eigenvalue weighted by atomic mass is 9.86. The van der Waals surface area contributed by atoms with Crippen LogP contribution in [0.5, 0.6) is 17.2 Å². The van der Waals surface area contributed by atoms with Gasteiger partial charge in [-0.2, -0.15) is 0 Å². The summed E-state index contributed by atoms with van der Waals surface area (Å²) in [6.07, 6.45) is 3.47. The lowest BCUT2D eigenvalue weighted by Crippen LogP contribution is -2.14. The molecule has 0 spiro atoms. The fraction of sp³-hybridized carbons (Fsp3) is 0.250. The van der Waals surface area contributed by atoms with Gasteiger partial charge in [0.15, 0.2) is 17.3 Å². The van der Waals surface area contributed by atoms with Crippen LogP contribution in [0, 0.1) is 0 Å². The van der Waals surface area contributed by atoms with Gasteiger partial charge in [0.25, 0.3) is 0 Å². The van der Waals surface area contributed by atoms with E-state index in [9.17, 15) is 4.79 Å². The number of rotatable bonds is 4. The molecule has 0 radical (unpaired) electrons. The van der Waals surface area contributed by atoms with Gasteiger partial charge in [-0.15, -0.1) is 0 Å². The van der Waals surface area contributed by atoms with E-state index >= 15 is 0 Å². The molecule has 0 unspecified atom stereocenters. The van der Waals surface area contributed by atoms with E-state index in [1.165, 1.54) is 0 Å². The Morgan fingerprint density at radius 2 is 1.67 bits per heavy atom. The maximum atomic E-state index is 12.7. The second-order valence-electron chi connectivity index (χ2n) is 5.64. The van der Waals surface area contributed by atoms with Crippen molar-refractivity contribution in [3.05, 3.63) is 58.7 Å². The Bertz CT molecular complexity index is 805. The summed E-state index contributed by atoms with van der Waals surface area (Å²) in [5.74, 6) is 2.19. The number of hydrogen-bond donors (Lipinski definition) is 0. The van der Waals surface area contributed by atoms with Gasteiger partial charge in [-0.25, -0.2) is 0 Å². The fourth-order valence-corrected chi connectivity index (χ4v) is 2.96. The first-order valence-electron chi connectivity index (χ1n) is 7.80. The molecule has 24 heavy (non-hydrogen) atoms. The first-order chi connectivity index (χ1) is 11.7. The molecule has 2 aromatic rings. The Morgan fingerprint density at radius 3 is 2.38 bits per heavy atom. The molecule has 2 aromatic carbocycles. The molecule has 1 aliphatic rings. The number of methoxy groups -OCH3 is 3. The zero-order valence-corrected chi connectivity index (χ0v) is 14.1. The highest BCUT2D eigenvalue weighted by Gasteiger charge is 2.22. The lowest BCUT2D eigenvalue weighted by molar-refractivity contribution is 0.102. The summed E-state index contributed by atoms with van der Waals surface area (Å²) < 4.78 is 15.8. The first kappa shape index (κ1) is 16.1. The highest BCUT2D eigenvalue weighted by Crippen LogP contribution is 2.32. The second kappa shape index (κ2) is 6.79. The molecule has 0 aliphatic heterocycles. The average molecular weight is 324 g/mol. The number of allylic oxidation sites excluding steroid dienone is 1.